The second kappa shape index (κ2) is 8.49. The van der Waals surface area contributed by atoms with Gasteiger partial charge in [-0.1, -0.05) is 24.3 Å². The van der Waals surface area contributed by atoms with Gasteiger partial charge < -0.3 is 9.88 Å². The average molecular weight is 433 g/mol. The van der Waals surface area contributed by atoms with E-state index in [4.69, 9.17) is 4.98 Å². The van der Waals surface area contributed by atoms with E-state index in [1.807, 2.05) is 29.2 Å². The number of tetrazole rings is 1. The summed E-state index contributed by atoms with van der Waals surface area (Å²) in [4.78, 5) is 23.7. The Bertz CT molecular complexity index is 1200. The SMILES string of the molecule is Cc1nnnn1C(Cc1ccc(F)cc1)C(=O)N1CCCC(c2nc3ccccc3[nH]2)C1. The van der Waals surface area contributed by atoms with E-state index >= 15 is 0 Å². The molecule has 1 N–H and O–H groups in total. The van der Waals surface area contributed by atoms with Gasteiger partial charge in [-0.15, -0.1) is 5.10 Å². The second-order valence-electron chi connectivity index (χ2n) is 8.28. The molecule has 2 aromatic carbocycles. The summed E-state index contributed by atoms with van der Waals surface area (Å²) in [6.07, 6.45) is 2.25. The number of halogens is 1. The zero-order valence-electron chi connectivity index (χ0n) is 17.8. The third kappa shape index (κ3) is 3.98. The van der Waals surface area contributed by atoms with Crippen LogP contribution < -0.4 is 0 Å². The number of nitrogens with one attached hydrogen (secondary N) is 1. The standard InChI is InChI=1S/C23H24FN7O/c1-15-27-28-29-31(15)21(13-16-8-10-18(24)11-9-16)23(32)30-12-4-5-17(14-30)22-25-19-6-2-3-7-20(19)26-22/h2-3,6-11,17,21H,4-5,12-14H2,1H3,(H,25,26). The number of carbonyl (C=O) groups is 1. The Morgan fingerprint density at radius 1 is 1.22 bits per heavy atom. The minimum atomic E-state index is -0.593. The summed E-state index contributed by atoms with van der Waals surface area (Å²) in [6.45, 7) is 3.04. The molecule has 8 nitrogen and oxygen atoms in total. The van der Waals surface area contributed by atoms with E-state index < -0.39 is 6.04 Å². The van der Waals surface area contributed by atoms with Gasteiger partial charge in [0.1, 0.15) is 23.5 Å². The maximum absolute atomic E-state index is 13.7. The first-order chi connectivity index (χ1) is 15.6. The quantitative estimate of drug-likeness (QED) is 0.522. The molecular formula is C23H24FN7O. The second-order valence-corrected chi connectivity index (χ2v) is 8.28. The van der Waals surface area contributed by atoms with Crippen LogP contribution in [-0.2, 0) is 11.2 Å². The van der Waals surface area contributed by atoms with Crippen molar-refractivity contribution < 1.29 is 9.18 Å². The summed E-state index contributed by atoms with van der Waals surface area (Å²) in [5, 5.41) is 11.8. The van der Waals surface area contributed by atoms with E-state index in [2.05, 4.69) is 20.5 Å². The summed E-state index contributed by atoms with van der Waals surface area (Å²) in [5.74, 6) is 1.28. The lowest BCUT2D eigenvalue weighted by molar-refractivity contribution is -0.136. The molecule has 0 saturated carbocycles. The number of aromatic amines is 1. The molecule has 5 rings (SSSR count). The first kappa shape index (κ1) is 20.3. The molecule has 0 spiro atoms. The Balaban J connectivity index is 1.39. The summed E-state index contributed by atoms with van der Waals surface area (Å²) in [5.41, 5.74) is 2.79. The number of likely N-dealkylation sites (tertiary alicyclic amines) is 1. The molecule has 1 aliphatic rings. The number of aromatic nitrogens is 6. The normalized spacial score (nSPS) is 17.6. The highest BCUT2D eigenvalue weighted by molar-refractivity contribution is 5.81. The molecule has 2 aromatic heterocycles. The Kier molecular flexibility index (Phi) is 5.38. The molecule has 1 saturated heterocycles. The lowest BCUT2D eigenvalue weighted by Crippen LogP contribution is -2.44. The third-order valence-corrected chi connectivity index (χ3v) is 6.11. The number of H-pyrrole nitrogens is 1. The zero-order chi connectivity index (χ0) is 22.1. The fourth-order valence-corrected chi connectivity index (χ4v) is 4.43. The lowest BCUT2D eigenvalue weighted by atomic mass is 9.96. The highest BCUT2D eigenvalue weighted by Gasteiger charge is 2.33. The maximum atomic E-state index is 13.7. The topological polar surface area (TPSA) is 92.6 Å². The van der Waals surface area contributed by atoms with Crippen molar-refractivity contribution in [1.29, 1.82) is 0 Å². The summed E-state index contributed by atoms with van der Waals surface area (Å²) in [7, 11) is 0. The van der Waals surface area contributed by atoms with Crippen LogP contribution in [0.3, 0.4) is 0 Å². The number of hydrogen-bond acceptors (Lipinski definition) is 5. The van der Waals surface area contributed by atoms with Crippen molar-refractivity contribution in [3.8, 4) is 0 Å². The smallest absolute Gasteiger partial charge is 0.247 e. The highest BCUT2D eigenvalue weighted by Crippen LogP contribution is 2.29. The number of rotatable bonds is 5. The number of hydrogen-bond donors (Lipinski definition) is 1. The fraction of sp³-hybridized carbons (Fsp3) is 0.348. The predicted molar refractivity (Wildman–Crippen MR) is 116 cm³/mol. The Morgan fingerprint density at radius 2 is 2.03 bits per heavy atom. The number of piperidine rings is 1. The molecule has 2 atom stereocenters. The van der Waals surface area contributed by atoms with Crippen LogP contribution in [0.2, 0.25) is 0 Å². The van der Waals surface area contributed by atoms with E-state index in [1.165, 1.54) is 12.1 Å². The number of carbonyl (C=O) groups excluding carboxylic acids is 1. The Morgan fingerprint density at radius 3 is 2.78 bits per heavy atom. The van der Waals surface area contributed by atoms with Gasteiger partial charge >= 0.3 is 0 Å². The van der Waals surface area contributed by atoms with E-state index in [1.54, 1.807) is 23.7 Å². The molecule has 32 heavy (non-hydrogen) atoms. The minimum Gasteiger partial charge on any atom is -0.342 e. The number of benzene rings is 2. The summed E-state index contributed by atoms with van der Waals surface area (Å²) >= 11 is 0. The van der Waals surface area contributed by atoms with Gasteiger partial charge in [0.15, 0.2) is 0 Å². The fourth-order valence-electron chi connectivity index (χ4n) is 4.43. The number of amides is 1. The van der Waals surface area contributed by atoms with Gasteiger partial charge in [-0.3, -0.25) is 4.79 Å². The molecule has 2 unspecified atom stereocenters. The molecule has 0 radical (unpaired) electrons. The summed E-state index contributed by atoms with van der Waals surface area (Å²) in [6, 6.07) is 13.6. The van der Waals surface area contributed by atoms with Gasteiger partial charge in [0, 0.05) is 25.4 Å². The van der Waals surface area contributed by atoms with Gasteiger partial charge in [-0.2, -0.15) is 0 Å². The first-order valence-corrected chi connectivity index (χ1v) is 10.8. The van der Waals surface area contributed by atoms with Crippen molar-refractivity contribution in [2.24, 2.45) is 0 Å². The lowest BCUT2D eigenvalue weighted by Gasteiger charge is -2.34. The van der Waals surface area contributed by atoms with Crippen LogP contribution in [0.5, 0.6) is 0 Å². The largest absolute Gasteiger partial charge is 0.342 e. The number of nitrogens with zero attached hydrogens (tertiary/aromatic N) is 6. The van der Waals surface area contributed by atoms with Crippen LogP contribution in [0.25, 0.3) is 11.0 Å². The van der Waals surface area contributed by atoms with Gasteiger partial charge in [0.2, 0.25) is 5.91 Å². The van der Waals surface area contributed by atoms with Crippen molar-refractivity contribution >= 4 is 16.9 Å². The molecular weight excluding hydrogens is 409 g/mol. The third-order valence-electron chi connectivity index (χ3n) is 6.11. The van der Waals surface area contributed by atoms with Crippen LogP contribution >= 0.6 is 0 Å². The molecule has 9 heteroatoms. The van der Waals surface area contributed by atoms with Crippen molar-refractivity contribution in [2.75, 3.05) is 13.1 Å². The van der Waals surface area contributed by atoms with Gasteiger partial charge in [0.25, 0.3) is 0 Å². The van der Waals surface area contributed by atoms with Gasteiger partial charge in [-0.05, 0) is 60.0 Å². The molecule has 1 amide bonds. The predicted octanol–water partition coefficient (Wildman–Crippen LogP) is 3.19. The van der Waals surface area contributed by atoms with Crippen molar-refractivity contribution in [2.45, 2.75) is 38.1 Å². The van der Waals surface area contributed by atoms with Crippen molar-refractivity contribution in [3.63, 3.8) is 0 Å². The van der Waals surface area contributed by atoms with Gasteiger partial charge in [-0.25, -0.2) is 14.1 Å². The van der Waals surface area contributed by atoms with Crippen LogP contribution in [0.15, 0.2) is 48.5 Å². The number of imidazole rings is 1. The molecule has 0 bridgehead atoms. The maximum Gasteiger partial charge on any atom is 0.247 e. The van der Waals surface area contributed by atoms with E-state index in [0.717, 1.165) is 35.3 Å². The van der Waals surface area contributed by atoms with Crippen LogP contribution in [0.1, 0.15) is 42.0 Å². The van der Waals surface area contributed by atoms with Crippen LogP contribution in [0, 0.1) is 12.7 Å². The molecule has 1 aliphatic heterocycles. The van der Waals surface area contributed by atoms with E-state index in [-0.39, 0.29) is 17.6 Å². The molecule has 3 heterocycles. The van der Waals surface area contributed by atoms with Crippen LogP contribution in [0.4, 0.5) is 4.39 Å². The van der Waals surface area contributed by atoms with E-state index in [0.29, 0.717) is 25.3 Å². The highest BCUT2D eigenvalue weighted by atomic mass is 19.1. The average Bonchev–Trinajstić information content (AvgIpc) is 3.44. The molecule has 0 aliphatic carbocycles. The van der Waals surface area contributed by atoms with Crippen molar-refractivity contribution in [1.82, 2.24) is 35.1 Å². The number of para-hydroxylation sites is 2. The summed E-state index contributed by atoms with van der Waals surface area (Å²) < 4.78 is 14.9. The Labute approximate surface area is 184 Å². The number of aryl methyl sites for hydroxylation is 1. The van der Waals surface area contributed by atoms with Gasteiger partial charge in [0.05, 0.1) is 11.0 Å². The minimum absolute atomic E-state index is 0.0365. The Hall–Kier alpha value is -3.62. The van der Waals surface area contributed by atoms with Crippen LogP contribution in [-0.4, -0.2) is 54.1 Å². The van der Waals surface area contributed by atoms with Crippen molar-refractivity contribution in [3.05, 3.63) is 71.6 Å². The molecule has 1 fully saturated rings. The first-order valence-electron chi connectivity index (χ1n) is 10.8. The van der Waals surface area contributed by atoms with E-state index in [9.17, 15) is 9.18 Å². The number of fused-ring (bicyclic) bond motifs is 1. The monoisotopic (exact) mass is 433 g/mol. The zero-order valence-corrected chi connectivity index (χ0v) is 17.8. The molecule has 4 aromatic rings. The molecule has 164 valence electrons.